The standard InChI is InChI=1S/C11H17N7/c12-6-8-9(17-18-10(8)13)2-1-5-15-11(14)16-7-3-4-7/h7H,1-5H2,(H3,13,17,18)(H3,14,15,16). The predicted octanol–water partition coefficient (Wildman–Crippen LogP) is -0.137. The number of nitrogens with zero attached hydrogens (tertiary/aromatic N) is 3. The van der Waals surface area contributed by atoms with Crippen LogP contribution in [0.15, 0.2) is 4.99 Å². The summed E-state index contributed by atoms with van der Waals surface area (Å²) in [7, 11) is 0. The van der Waals surface area contributed by atoms with Gasteiger partial charge in [0.05, 0.1) is 5.69 Å². The molecular weight excluding hydrogens is 230 g/mol. The van der Waals surface area contributed by atoms with E-state index >= 15 is 0 Å². The zero-order valence-electron chi connectivity index (χ0n) is 10.1. The molecule has 0 radical (unpaired) electrons. The van der Waals surface area contributed by atoms with Crippen molar-refractivity contribution in [2.24, 2.45) is 10.7 Å². The number of hydrogen-bond donors (Lipinski definition) is 4. The molecule has 1 saturated carbocycles. The molecule has 1 heterocycles. The number of nitrogens with one attached hydrogen (secondary N) is 2. The van der Waals surface area contributed by atoms with Gasteiger partial charge >= 0.3 is 0 Å². The van der Waals surface area contributed by atoms with Gasteiger partial charge in [0.15, 0.2) is 11.8 Å². The summed E-state index contributed by atoms with van der Waals surface area (Å²) in [4.78, 5) is 4.22. The SMILES string of the molecule is N#Cc1c(N)n[nH]c1CCCN=C(N)NC1CC1. The Kier molecular flexibility index (Phi) is 3.67. The molecule has 0 spiro atoms. The molecule has 0 atom stereocenters. The number of aromatic nitrogens is 2. The highest BCUT2D eigenvalue weighted by Crippen LogP contribution is 2.18. The molecule has 1 aromatic heterocycles. The van der Waals surface area contributed by atoms with Gasteiger partial charge in [-0.3, -0.25) is 10.1 Å². The van der Waals surface area contributed by atoms with E-state index in [0.717, 1.165) is 12.1 Å². The molecule has 6 N–H and O–H groups in total. The summed E-state index contributed by atoms with van der Waals surface area (Å²) in [5.41, 5.74) is 12.4. The van der Waals surface area contributed by atoms with Crippen LogP contribution in [0.5, 0.6) is 0 Å². The van der Waals surface area contributed by atoms with E-state index < -0.39 is 0 Å². The van der Waals surface area contributed by atoms with Crippen LogP contribution in [0.4, 0.5) is 5.82 Å². The van der Waals surface area contributed by atoms with E-state index in [2.05, 4.69) is 20.5 Å². The number of nitrogen functional groups attached to an aromatic ring is 1. The average Bonchev–Trinajstić information content (AvgIpc) is 3.08. The Morgan fingerprint density at radius 3 is 3.06 bits per heavy atom. The molecule has 1 aromatic rings. The van der Waals surface area contributed by atoms with Gasteiger partial charge in [0.1, 0.15) is 11.6 Å². The van der Waals surface area contributed by atoms with Crippen LogP contribution in [-0.2, 0) is 6.42 Å². The third kappa shape index (κ3) is 3.13. The van der Waals surface area contributed by atoms with Crippen LogP contribution >= 0.6 is 0 Å². The molecular formula is C11H17N7. The second-order valence-corrected chi connectivity index (χ2v) is 4.36. The number of H-pyrrole nitrogens is 1. The van der Waals surface area contributed by atoms with Crippen molar-refractivity contribution in [1.29, 1.82) is 5.26 Å². The minimum Gasteiger partial charge on any atom is -0.381 e. The number of nitrogens with two attached hydrogens (primary N) is 2. The van der Waals surface area contributed by atoms with E-state index in [1.807, 2.05) is 6.07 Å². The lowest BCUT2D eigenvalue weighted by Crippen LogP contribution is -2.33. The lowest BCUT2D eigenvalue weighted by Gasteiger charge is -2.02. The average molecular weight is 247 g/mol. The van der Waals surface area contributed by atoms with Gasteiger partial charge in [0, 0.05) is 12.6 Å². The third-order valence-corrected chi connectivity index (χ3v) is 2.78. The molecule has 18 heavy (non-hydrogen) atoms. The summed E-state index contributed by atoms with van der Waals surface area (Å²) in [6, 6.07) is 2.56. The first-order valence-electron chi connectivity index (χ1n) is 6.00. The first-order chi connectivity index (χ1) is 8.70. The van der Waals surface area contributed by atoms with Crippen molar-refractivity contribution >= 4 is 11.8 Å². The number of aromatic amines is 1. The summed E-state index contributed by atoms with van der Waals surface area (Å²) in [5.74, 6) is 0.757. The van der Waals surface area contributed by atoms with E-state index in [4.69, 9.17) is 16.7 Å². The number of hydrogen-bond acceptors (Lipinski definition) is 4. The van der Waals surface area contributed by atoms with Crippen LogP contribution in [0.25, 0.3) is 0 Å². The number of rotatable bonds is 5. The molecule has 0 unspecified atom stereocenters. The summed E-state index contributed by atoms with van der Waals surface area (Å²) < 4.78 is 0. The highest BCUT2D eigenvalue weighted by atomic mass is 15.2. The van der Waals surface area contributed by atoms with Crippen LogP contribution < -0.4 is 16.8 Å². The van der Waals surface area contributed by atoms with E-state index in [0.29, 0.717) is 30.5 Å². The predicted molar refractivity (Wildman–Crippen MR) is 68.7 cm³/mol. The van der Waals surface area contributed by atoms with Crippen molar-refractivity contribution < 1.29 is 0 Å². The van der Waals surface area contributed by atoms with Crippen molar-refractivity contribution in [3.05, 3.63) is 11.3 Å². The smallest absolute Gasteiger partial charge is 0.188 e. The molecule has 7 heteroatoms. The molecule has 96 valence electrons. The minimum absolute atomic E-state index is 0.255. The van der Waals surface area contributed by atoms with Crippen LogP contribution in [0.1, 0.15) is 30.5 Å². The van der Waals surface area contributed by atoms with E-state index in [-0.39, 0.29) is 5.82 Å². The maximum Gasteiger partial charge on any atom is 0.188 e. The highest BCUT2D eigenvalue weighted by molar-refractivity contribution is 5.78. The molecule has 0 bridgehead atoms. The Labute approximate surface area is 105 Å². The number of guanidine groups is 1. The topological polar surface area (TPSA) is 129 Å². The van der Waals surface area contributed by atoms with Crippen molar-refractivity contribution in [3.63, 3.8) is 0 Å². The second-order valence-electron chi connectivity index (χ2n) is 4.36. The Balaban J connectivity index is 1.76. The monoisotopic (exact) mass is 247 g/mol. The van der Waals surface area contributed by atoms with Crippen LogP contribution in [-0.4, -0.2) is 28.7 Å². The number of aryl methyl sites for hydroxylation is 1. The number of aliphatic imine (C=N–C) groups is 1. The molecule has 0 amide bonds. The van der Waals surface area contributed by atoms with Gasteiger partial charge < -0.3 is 16.8 Å². The van der Waals surface area contributed by atoms with Gasteiger partial charge in [0.25, 0.3) is 0 Å². The zero-order valence-corrected chi connectivity index (χ0v) is 10.1. The van der Waals surface area contributed by atoms with Gasteiger partial charge in [-0.2, -0.15) is 10.4 Å². The molecule has 0 aliphatic heterocycles. The summed E-state index contributed by atoms with van der Waals surface area (Å²) in [6.45, 7) is 0.620. The van der Waals surface area contributed by atoms with Gasteiger partial charge in [-0.25, -0.2) is 0 Å². The van der Waals surface area contributed by atoms with Crippen LogP contribution in [0, 0.1) is 11.3 Å². The Bertz CT molecular complexity index is 478. The highest BCUT2D eigenvalue weighted by Gasteiger charge is 2.21. The quantitative estimate of drug-likeness (QED) is 0.327. The molecule has 7 nitrogen and oxygen atoms in total. The maximum absolute atomic E-state index is 8.89. The van der Waals surface area contributed by atoms with Crippen LogP contribution in [0.3, 0.4) is 0 Å². The molecule has 2 rings (SSSR count). The third-order valence-electron chi connectivity index (χ3n) is 2.78. The van der Waals surface area contributed by atoms with E-state index in [9.17, 15) is 0 Å². The van der Waals surface area contributed by atoms with Crippen molar-refractivity contribution in [2.45, 2.75) is 31.7 Å². The van der Waals surface area contributed by atoms with Gasteiger partial charge in [-0.1, -0.05) is 0 Å². The van der Waals surface area contributed by atoms with E-state index in [1.165, 1.54) is 12.8 Å². The van der Waals surface area contributed by atoms with Gasteiger partial charge in [-0.15, -0.1) is 0 Å². The first kappa shape index (κ1) is 12.2. The summed E-state index contributed by atoms with van der Waals surface area (Å²) >= 11 is 0. The normalized spacial score (nSPS) is 15.4. The van der Waals surface area contributed by atoms with Crippen molar-refractivity contribution in [3.8, 4) is 6.07 Å². The fourth-order valence-corrected chi connectivity index (χ4v) is 1.64. The number of anilines is 1. The van der Waals surface area contributed by atoms with Gasteiger partial charge in [-0.05, 0) is 25.7 Å². The Morgan fingerprint density at radius 2 is 2.39 bits per heavy atom. The molecule has 1 aliphatic rings. The fraction of sp³-hybridized carbons (Fsp3) is 0.545. The molecule has 1 aliphatic carbocycles. The minimum atomic E-state index is 0.255. The first-order valence-corrected chi connectivity index (χ1v) is 6.00. The fourth-order valence-electron chi connectivity index (χ4n) is 1.64. The van der Waals surface area contributed by atoms with Gasteiger partial charge in [0.2, 0.25) is 0 Å². The molecule has 0 aromatic carbocycles. The maximum atomic E-state index is 8.89. The summed E-state index contributed by atoms with van der Waals surface area (Å²) in [6.07, 6.45) is 3.83. The lowest BCUT2D eigenvalue weighted by molar-refractivity contribution is 0.790. The zero-order chi connectivity index (χ0) is 13.0. The second kappa shape index (κ2) is 5.40. The van der Waals surface area contributed by atoms with Crippen molar-refractivity contribution in [1.82, 2.24) is 15.5 Å². The largest absolute Gasteiger partial charge is 0.381 e. The lowest BCUT2D eigenvalue weighted by atomic mass is 10.1. The van der Waals surface area contributed by atoms with E-state index in [1.54, 1.807) is 0 Å². The Morgan fingerprint density at radius 1 is 1.61 bits per heavy atom. The molecule has 0 saturated heterocycles. The van der Waals surface area contributed by atoms with Crippen molar-refractivity contribution in [2.75, 3.05) is 12.3 Å². The molecule has 1 fully saturated rings. The Hall–Kier alpha value is -2.23. The number of nitriles is 1. The van der Waals surface area contributed by atoms with Crippen LogP contribution in [0.2, 0.25) is 0 Å². The summed E-state index contributed by atoms with van der Waals surface area (Å²) in [5, 5.41) is 18.6.